The second kappa shape index (κ2) is 24.9. The third-order valence-electron chi connectivity index (χ3n) is 21.3. The first-order valence-electron chi connectivity index (χ1n) is 35.9. The molecule has 0 saturated carbocycles. The molecule has 13 aromatic rings. The van der Waals surface area contributed by atoms with E-state index < -0.39 is 0 Å². The highest BCUT2D eigenvalue weighted by Crippen LogP contribution is 2.50. The lowest BCUT2D eigenvalue weighted by Crippen LogP contribution is -2.65. The average Bonchev–Trinajstić information content (AvgIpc) is 1.29. The Morgan fingerprint density at radius 2 is 0.851 bits per heavy atom. The maximum absolute atomic E-state index is 6.44. The van der Waals surface area contributed by atoms with Gasteiger partial charge in [-0.1, -0.05) is 238 Å². The van der Waals surface area contributed by atoms with Crippen LogP contribution in [0.3, 0.4) is 0 Å². The number of nitrogens with zero attached hydrogens (tertiary/aromatic N) is 8. The Bertz CT molecular complexity index is 5190. The van der Waals surface area contributed by atoms with E-state index in [1.165, 1.54) is 44.3 Å². The van der Waals surface area contributed by atoms with Crippen molar-refractivity contribution < 1.29 is 0 Å². The number of anilines is 15. The number of pyridine rings is 3. The molecule has 101 heavy (non-hydrogen) atoms. The zero-order valence-electron chi connectivity index (χ0n) is 59.1. The molecule has 0 N–H and O–H groups in total. The minimum Gasteiger partial charge on any atom is -0.311 e. The van der Waals surface area contributed by atoms with Crippen LogP contribution in [0, 0.1) is 0 Å². The summed E-state index contributed by atoms with van der Waals surface area (Å²) in [6.07, 6.45) is 6.83. The van der Waals surface area contributed by atoms with Gasteiger partial charge in [0.25, 0.3) is 6.71 Å². The van der Waals surface area contributed by atoms with Crippen LogP contribution in [0.25, 0.3) is 0 Å². The SMILES string of the molecule is CC(C)(C)c1ccc(CCC2Cc3cc(N(c4ccccc4)c4ccc(C(C)(C)C)cc4)cc4c3B(c3ccccc32)c2cc3c(nc2N4c2ccccc2)N(c2ccccc2)c2nc(N(c4ccccc4)c4ccccc4)cc4c2B3c2cnccc2N4c2ccc(C(C)(C)C)cc2)cc1. The molecular formula is C91H82B2N8. The van der Waals surface area contributed by atoms with Gasteiger partial charge in [-0.2, -0.15) is 0 Å². The number of hydrogen-bond donors (Lipinski definition) is 0. The molecule has 0 saturated heterocycles. The van der Waals surface area contributed by atoms with E-state index in [-0.39, 0.29) is 35.6 Å². The summed E-state index contributed by atoms with van der Waals surface area (Å²) in [5.41, 5.74) is 26.6. The van der Waals surface area contributed by atoms with E-state index in [1.54, 1.807) is 0 Å². The maximum atomic E-state index is 6.44. The van der Waals surface area contributed by atoms with E-state index >= 15 is 0 Å². The van der Waals surface area contributed by atoms with E-state index in [2.05, 4.69) is 372 Å². The summed E-state index contributed by atoms with van der Waals surface area (Å²) in [4.78, 5) is 29.7. The van der Waals surface area contributed by atoms with Gasteiger partial charge in [0.2, 0.25) is 6.71 Å². The standard InChI is InChI=1S/C91H82B2N8/c1-89(2,3)64-43-40-61(41-44-64)39-42-62-55-63-56-74(97(67-27-15-10-16-28-67)72-49-45-65(46-50-72)90(4,5)6)57-81-84(63)92(76-38-26-25-37-75(62)76)77-58-78-87(96-86(77)100(81)70-33-21-13-22-34-70)101(71-35-23-14-24-36-71)88-85-82(59-83(95-88)98(68-29-17-11-18-30-68)69-31-19-12-20-32-69)99(80-53-54-94-60-79(80)93(78)85)73-51-47-66(48-52-73)91(7,8)9/h10-38,40-41,43-54,56-60,62H,39,42,55H2,1-9H3. The summed E-state index contributed by atoms with van der Waals surface area (Å²) in [6.45, 7) is 20.1. The average molecular weight is 1310 g/mol. The largest absolute Gasteiger partial charge is 0.311 e. The van der Waals surface area contributed by atoms with Gasteiger partial charge in [0.05, 0.1) is 0 Å². The molecule has 492 valence electrons. The molecule has 1 unspecified atom stereocenters. The van der Waals surface area contributed by atoms with Gasteiger partial charge in [-0.05, 0) is 205 Å². The van der Waals surface area contributed by atoms with Crippen LogP contribution in [0.1, 0.15) is 108 Å². The zero-order valence-corrected chi connectivity index (χ0v) is 59.1. The van der Waals surface area contributed by atoms with E-state index in [4.69, 9.17) is 15.0 Å². The number of hydrogen-bond acceptors (Lipinski definition) is 8. The number of aromatic nitrogens is 3. The van der Waals surface area contributed by atoms with E-state index in [9.17, 15) is 0 Å². The van der Waals surface area contributed by atoms with Gasteiger partial charge >= 0.3 is 0 Å². The maximum Gasteiger partial charge on any atom is 0.258 e. The van der Waals surface area contributed by atoms with Crippen molar-refractivity contribution in [1.29, 1.82) is 0 Å². The molecule has 17 rings (SSSR count). The molecule has 4 aliphatic rings. The van der Waals surface area contributed by atoms with Crippen LogP contribution in [0.15, 0.2) is 291 Å². The van der Waals surface area contributed by atoms with Crippen LogP contribution in [0.2, 0.25) is 0 Å². The highest BCUT2D eigenvalue weighted by molar-refractivity contribution is 7.02. The Morgan fingerprint density at radius 1 is 0.376 bits per heavy atom. The van der Waals surface area contributed by atoms with Gasteiger partial charge in [-0.3, -0.25) is 19.7 Å². The minimum absolute atomic E-state index is 0.0201. The van der Waals surface area contributed by atoms with Gasteiger partial charge in [-0.15, -0.1) is 0 Å². The number of rotatable bonds is 12. The van der Waals surface area contributed by atoms with Gasteiger partial charge in [-0.25, -0.2) is 9.97 Å². The Kier molecular flexibility index (Phi) is 15.6. The molecule has 0 aliphatic carbocycles. The van der Waals surface area contributed by atoms with Gasteiger partial charge < -0.3 is 9.80 Å². The number of fused-ring (bicyclic) bond motifs is 8. The molecule has 0 amide bonds. The van der Waals surface area contributed by atoms with Crippen molar-refractivity contribution in [1.82, 2.24) is 15.0 Å². The molecule has 3 aromatic heterocycles. The van der Waals surface area contributed by atoms with Crippen molar-refractivity contribution in [2.75, 3.05) is 24.5 Å². The van der Waals surface area contributed by atoms with Crippen LogP contribution >= 0.6 is 0 Å². The smallest absolute Gasteiger partial charge is 0.258 e. The van der Waals surface area contributed by atoms with E-state index in [0.29, 0.717) is 0 Å². The van der Waals surface area contributed by atoms with Crippen molar-refractivity contribution in [3.05, 3.63) is 325 Å². The lowest BCUT2D eigenvalue weighted by molar-refractivity contribution is 0.589. The first kappa shape index (κ1) is 63.2. The number of aryl methyl sites for hydroxylation is 1. The summed E-state index contributed by atoms with van der Waals surface area (Å²) in [6, 6.07) is 104. The first-order chi connectivity index (χ1) is 49.0. The molecule has 4 aliphatic heterocycles. The van der Waals surface area contributed by atoms with Crippen molar-refractivity contribution >= 4 is 132 Å². The topological polar surface area (TPSA) is 54.9 Å². The van der Waals surface area contributed by atoms with Crippen LogP contribution in [0.5, 0.6) is 0 Å². The lowest BCUT2D eigenvalue weighted by Gasteiger charge is -2.45. The molecule has 0 fully saturated rings. The second-order valence-corrected chi connectivity index (χ2v) is 30.9. The highest BCUT2D eigenvalue weighted by Gasteiger charge is 2.50. The summed E-state index contributed by atoms with van der Waals surface area (Å²) >= 11 is 0. The molecule has 8 nitrogen and oxygen atoms in total. The molecule has 7 heterocycles. The molecule has 0 bridgehead atoms. The summed E-state index contributed by atoms with van der Waals surface area (Å²) in [5.74, 6) is 3.45. The normalized spacial score (nSPS) is 14.2. The first-order valence-corrected chi connectivity index (χ1v) is 35.9. The van der Waals surface area contributed by atoms with Crippen molar-refractivity contribution in [3.8, 4) is 0 Å². The van der Waals surface area contributed by atoms with Crippen LogP contribution in [-0.2, 0) is 29.1 Å². The number of para-hydroxylation sites is 5. The molecular weight excluding hydrogens is 1230 g/mol. The monoisotopic (exact) mass is 1310 g/mol. The number of benzene rings is 10. The highest BCUT2D eigenvalue weighted by atomic mass is 15.3. The van der Waals surface area contributed by atoms with Crippen molar-refractivity contribution in [2.45, 2.75) is 104 Å². The quantitative estimate of drug-likeness (QED) is 0.112. The third-order valence-corrected chi connectivity index (χ3v) is 21.3. The van der Waals surface area contributed by atoms with Gasteiger partial charge in [0.1, 0.15) is 23.3 Å². The fourth-order valence-electron chi connectivity index (χ4n) is 16.2. The molecule has 10 heteroatoms. The van der Waals surface area contributed by atoms with Crippen LogP contribution in [-0.4, -0.2) is 28.4 Å². The molecule has 0 spiro atoms. The molecule has 1 atom stereocenters. The predicted molar refractivity (Wildman–Crippen MR) is 426 cm³/mol. The minimum atomic E-state index is -0.346. The summed E-state index contributed by atoms with van der Waals surface area (Å²) in [5, 5.41) is 0. The fraction of sp³-hybridized carbons (Fsp3) is 0.176. The molecule has 10 aromatic carbocycles. The van der Waals surface area contributed by atoms with Crippen LogP contribution in [0.4, 0.5) is 85.8 Å². The van der Waals surface area contributed by atoms with E-state index in [1.807, 2.05) is 6.20 Å². The van der Waals surface area contributed by atoms with Crippen molar-refractivity contribution in [3.63, 3.8) is 0 Å². The van der Waals surface area contributed by atoms with Crippen LogP contribution < -0.4 is 57.3 Å². The fourth-order valence-corrected chi connectivity index (χ4v) is 16.2. The third kappa shape index (κ3) is 11.3. The second-order valence-electron chi connectivity index (χ2n) is 30.9. The predicted octanol–water partition coefficient (Wildman–Crippen LogP) is 19.4. The lowest BCUT2D eigenvalue weighted by atomic mass is 9.31. The molecule has 0 radical (unpaired) electrons. The van der Waals surface area contributed by atoms with Gasteiger partial charge in [0.15, 0.2) is 0 Å². The summed E-state index contributed by atoms with van der Waals surface area (Å²) < 4.78 is 0. The Morgan fingerprint density at radius 3 is 1.44 bits per heavy atom. The van der Waals surface area contributed by atoms with Gasteiger partial charge in [0, 0.05) is 81.0 Å². The Labute approximate surface area is 596 Å². The Balaban J connectivity index is 0.957. The zero-order chi connectivity index (χ0) is 68.9. The Hall–Kier alpha value is -11.2. The van der Waals surface area contributed by atoms with E-state index in [0.717, 1.165) is 127 Å². The summed E-state index contributed by atoms with van der Waals surface area (Å²) in [7, 11) is 0. The van der Waals surface area contributed by atoms with Crippen molar-refractivity contribution in [2.24, 2.45) is 0 Å².